The Morgan fingerprint density at radius 3 is 2.82 bits per heavy atom. The number of carbonyl (C=O) groups excluding carboxylic acids is 1. The Hall–Kier alpha value is -1.65. The van der Waals surface area contributed by atoms with E-state index >= 15 is 0 Å². The molecule has 22 heavy (non-hydrogen) atoms. The van der Waals surface area contributed by atoms with Crippen LogP contribution in [0.5, 0.6) is 0 Å². The average Bonchev–Trinajstić information content (AvgIpc) is 2.92. The number of carbonyl (C=O) groups is 1. The topological polar surface area (TPSA) is 66.8 Å². The number of esters is 1. The zero-order valence-electron chi connectivity index (χ0n) is 12.7. The summed E-state index contributed by atoms with van der Waals surface area (Å²) in [5.74, 6) is -0.277. The monoisotopic (exact) mass is 302 g/mol. The summed E-state index contributed by atoms with van der Waals surface area (Å²) in [6, 6.07) is 9.79. The molecule has 0 bridgehead atoms. The van der Waals surface area contributed by atoms with E-state index in [1.54, 1.807) is 13.0 Å². The second kappa shape index (κ2) is 5.86. The zero-order chi connectivity index (χ0) is 15.7. The van der Waals surface area contributed by atoms with Crippen LogP contribution in [0.3, 0.4) is 0 Å². The van der Waals surface area contributed by atoms with Crippen molar-refractivity contribution in [3.63, 3.8) is 0 Å². The van der Waals surface area contributed by atoms with Crippen molar-refractivity contribution in [3.05, 3.63) is 48.0 Å². The van der Waals surface area contributed by atoms with Gasteiger partial charge in [-0.2, -0.15) is 0 Å². The molecule has 1 saturated heterocycles. The van der Waals surface area contributed by atoms with E-state index < -0.39 is 11.7 Å². The number of hydrogen-bond acceptors (Lipinski definition) is 4. The quantitative estimate of drug-likeness (QED) is 0.658. The first-order chi connectivity index (χ1) is 10.4. The average molecular weight is 302 g/mol. The van der Waals surface area contributed by atoms with Gasteiger partial charge in [-0.05, 0) is 12.5 Å². The van der Waals surface area contributed by atoms with Gasteiger partial charge in [-0.15, -0.1) is 0 Å². The van der Waals surface area contributed by atoms with Crippen LogP contribution in [-0.4, -0.2) is 34.0 Å². The van der Waals surface area contributed by atoms with Crippen molar-refractivity contribution in [2.24, 2.45) is 11.8 Å². The van der Waals surface area contributed by atoms with Gasteiger partial charge in [0.05, 0.1) is 18.1 Å². The second-order valence-electron chi connectivity index (χ2n) is 6.66. The minimum atomic E-state index is -0.984. The molecule has 1 aromatic carbocycles. The van der Waals surface area contributed by atoms with Crippen molar-refractivity contribution in [1.82, 2.24) is 0 Å². The number of benzene rings is 1. The van der Waals surface area contributed by atoms with Crippen LogP contribution in [0.1, 0.15) is 25.3 Å². The van der Waals surface area contributed by atoms with Crippen LogP contribution in [0.4, 0.5) is 0 Å². The number of ether oxygens (including phenoxy) is 1. The number of rotatable bonds is 4. The molecule has 4 nitrogen and oxygen atoms in total. The van der Waals surface area contributed by atoms with E-state index in [0.717, 1.165) is 5.56 Å². The van der Waals surface area contributed by atoms with Gasteiger partial charge in [0, 0.05) is 24.7 Å². The van der Waals surface area contributed by atoms with E-state index in [9.17, 15) is 15.0 Å². The molecule has 0 amide bonds. The Morgan fingerprint density at radius 2 is 2.09 bits per heavy atom. The summed E-state index contributed by atoms with van der Waals surface area (Å²) < 4.78 is 5.22. The minimum Gasteiger partial charge on any atom is -0.462 e. The maximum absolute atomic E-state index is 11.4. The van der Waals surface area contributed by atoms with Crippen LogP contribution in [0.25, 0.3) is 0 Å². The van der Waals surface area contributed by atoms with Crippen molar-refractivity contribution in [1.29, 1.82) is 0 Å². The molecule has 3 rings (SSSR count). The lowest BCUT2D eigenvalue weighted by atomic mass is 9.88. The highest BCUT2D eigenvalue weighted by atomic mass is 16.6. The van der Waals surface area contributed by atoms with Gasteiger partial charge in [0.15, 0.2) is 0 Å². The molecule has 1 aliphatic heterocycles. The smallest absolute Gasteiger partial charge is 0.306 e. The molecule has 1 saturated carbocycles. The molecule has 1 aliphatic carbocycles. The number of aliphatic hydroxyl groups is 2. The Kier molecular flexibility index (Phi) is 4.06. The standard InChI is InChI=1S/C18H22O4/c1-18(21,11-12-5-3-2-4-6-12)8-7-13-14-9-17(20)22-16(14)10-15(13)19/h2-8,13-16,19,21H,9-11H2,1H3/t13-,14-,15-,16+,18-/m1/s1. The molecule has 0 unspecified atom stereocenters. The highest BCUT2D eigenvalue weighted by Gasteiger charge is 2.48. The fraction of sp³-hybridized carbons (Fsp3) is 0.500. The lowest BCUT2D eigenvalue weighted by molar-refractivity contribution is -0.141. The van der Waals surface area contributed by atoms with Crippen molar-refractivity contribution < 1.29 is 19.7 Å². The molecular formula is C18H22O4. The third-order valence-corrected chi connectivity index (χ3v) is 4.66. The van der Waals surface area contributed by atoms with Crippen molar-refractivity contribution in [2.45, 2.75) is 44.0 Å². The summed E-state index contributed by atoms with van der Waals surface area (Å²) in [6.07, 6.45) is 4.29. The van der Waals surface area contributed by atoms with Crippen molar-refractivity contribution in [2.75, 3.05) is 0 Å². The molecule has 1 aromatic rings. The van der Waals surface area contributed by atoms with Gasteiger partial charge in [-0.3, -0.25) is 4.79 Å². The van der Waals surface area contributed by atoms with Crippen molar-refractivity contribution in [3.8, 4) is 0 Å². The SMILES string of the molecule is C[C@@](O)(C=C[C@@H]1[C@H]2CC(=O)O[C@H]2C[C@H]1O)Cc1ccccc1. The lowest BCUT2D eigenvalue weighted by Gasteiger charge is -2.21. The van der Waals surface area contributed by atoms with Crippen molar-refractivity contribution >= 4 is 5.97 Å². The van der Waals surface area contributed by atoms with E-state index in [2.05, 4.69) is 0 Å². The van der Waals surface area contributed by atoms with Gasteiger partial charge < -0.3 is 14.9 Å². The van der Waals surface area contributed by atoms with Crippen LogP contribution in [0, 0.1) is 11.8 Å². The summed E-state index contributed by atoms with van der Waals surface area (Å²) >= 11 is 0. The molecule has 118 valence electrons. The van der Waals surface area contributed by atoms with E-state index in [-0.39, 0.29) is 23.9 Å². The highest BCUT2D eigenvalue weighted by molar-refractivity contribution is 5.72. The third-order valence-electron chi connectivity index (χ3n) is 4.66. The molecule has 2 aliphatic rings. The van der Waals surface area contributed by atoms with E-state index in [0.29, 0.717) is 19.3 Å². The molecule has 2 N–H and O–H groups in total. The van der Waals surface area contributed by atoms with E-state index in [1.807, 2.05) is 36.4 Å². The first-order valence-corrected chi connectivity index (χ1v) is 7.78. The molecule has 5 atom stereocenters. The maximum atomic E-state index is 11.4. The summed E-state index contributed by atoms with van der Waals surface area (Å²) in [5, 5.41) is 20.7. The van der Waals surface area contributed by atoms with Crippen LogP contribution < -0.4 is 0 Å². The summed E-state index contributed by atoms with van der Waals surface area (Å²) in [6.45, 7) is 1.76. The predicted octanol–water partition coefficient (Wildman–Crippen LogP) is 1.85. The fourth-order valence-corrected chi connectivity index (χ4v) is 3.57. The Labute approximate surface area is 130 Å². The molecule has 0 aromatic heterocycles. The summed E-state index contributed by atoms with van der Waals surface area (Å²) in [5.41, 5.74) is 0.0733. The zero-order valence-corrected chi connectivity index (χ0v) is 12.7. The fourth-order valence-electron chi connectivity index (χ4n) is 3.57. The largest absolute Gasteiger partial charge is 0.462 e. The van der Waals surface area contributed by atoms with Crippen LogP contribution in [-0.2, 0) is 16.0 Å². The van der Waals surface area contributed by atoms with Gasteiger partial charge in [0.1, 0.15) is 6.10 Å². The Bertz CT molecular complexity index is 564. The van der Waals surface area contributed by atoms with E-state index in [4.69, 9.17) is 4.74 Å². The number of fused-ring (bicyclic) bond motifs is 1. The lowest BCUT2D eigenvalue weighted by Crippen LogP contribution is -2.26. The Morgan fingerprint density at radius 1 is 1.36 bits per heavy atom. The molecular weight excluding hydrogens is 280 g/mol. The summed E-state index contributed by atoms with van der Waals surface area (Å²) in [4.78, 5) is 11.4. The van der Waals surface area contributed by atoms with Crippen LogP contribution in [0.2, 0.25) is 0 Å². The number of aliphatic hydroxyl groups excluding tert-OH is 1. The Balaban J connectivity index is 1.68. The van der Waals surface area contributed by atoms with Gasteiger partial charge >= 0.3 is 5.97 Å². The molecule has 4 heteroatoms. The van der Waals surface area contributed by atoms with E-state index in [1.165, 1.54) is 0 Å². The molecule has 2 fully saturated rings. The summed E-state index contributed by atoms with van der Waals surface area (Å²) in [7, 11) is 0. The molecule has 1 heterocycles. The third kappa shape index (κ3) is 3.23. The van der Waals surface area contributed by atoms with Gasteiger partial charge in [0.2, 0.25) is 0 Å². The molecule has 0 radical (unpaired) electrons. The number of hydrogen-bond donors (Lipinski definition) is 2. The maximum Gasteiger partial charge on any atom is 0.306 e. The van der Waals surface area contributed by atoms with Crippen LogP contribution in [0.15, 0.2) is 42.5 Å². The molecule has 0 spiro atoms. The van der Waals surface area contributed by atoms with Crippen LogP contribution >= 0.6 is 0 Å². The highest BCUT2D eigenvalue weighted by Crippen LogP contribution is 2.42. The van der Waals surface area contributed by atoms with Gasteiger partial charge in [0.25, 0.3) is 0 Å². The van der Waals surface area contributed by atoms with Gasteiger partial charge in [-0.25, -0.2) is 0 Å². The first kappa shape index (κ1) is 15.3. The second-order valence-corrected chi connectivity index (χ2v) is 6.66. The normalized spacial score (nSPS) is 33.7. The first-order valence-electron chi connectivity index (χ1n) is 7.78. The predicted molar refractivity (Wildman–Crippen MR) is 82.0 cm³/mol. The van der Waals surface area contributed by atoms with Gasteiger partial charge in [-0.1, -0.05) is 42.5 Å². The minimum absolute atomic E-state index is 0.0336.